The zero-order valence-corrected chi connectivity index (χ0v) is 31.3. The third-order valence-corrected chi connectivity index (χ3v) is 10.6. The molecule has 1 amide bonds. The highest BCUT2D eigenvalue weighted by Gasteiger charge is 2.34. The van der Waals surface area contributed by atoms with E-state index in [4.69, 9.17) is 4.52 Å². The van der Waals surface area contributed by atoms with E-state index in [1.54, 1.807) is 6.07 Å². The van der Waals surface area contributed by atoms with Gasteiger partial charge in [-0.2, -0.15) is 4.67 Å². The zero-order chi connectivity index (χ0) is 34.9. The van der Waals surface area contributed by atoms with Gasteiger partial charge in [0.2, 0.25) is 5.91 Å². The second kappa shape index (κ2) is 20.6. The van der Waals surface area contributed by atoms with Gasteiger partial charge in [-0.05, 0) is 52.5 Å². The Labute approximate surface area is 291 Å². The third-order valence-electron chi connectivity index (χ3n) is 9.19. The summed E-state index contributed by atoms with van der Waals surface area (Å²) in [6, 6.07) is 23.1. The van der Waals surface area contributed by atoms with Crippen molar-refractivity contribution in [1.82, 2.24) is 4.67 Å². The highest BCUT2D eigenvalue weighted by Crippen LogP contribution is 2.49. The van der Waals surface area contributed by atoms with Gasteiger partial charge in [-0.3, -0.25) is 4.79 Å². The van der Waals surface area contributed by atoms with Gasteiger partial charge in [-0.15, -0.1) is 0 Å². The van der Waals surface area contributed by atoms with E-state index in [0.717, 1.165) is 40.8 Å². The molecular weight excluding hydrogens is 615 g/mol. The Morgan fingerprint density at radius 2 is 1.25 bits per heavy atom. The fraction of sp³-hybridized carbons (Fsp3) is 0.537. The van der Waals surface area contributed by atoms with Crippen LogP contribution in [0.5, 0.6) is 5.75 Å². The summed E-state index contributed by atoms with van der Waals surface area (Å²) in [7, 11) is -4.46. The number of nitrogens with one attached hydrogen (secondary N) is 1. The minimum absolute atomic E-state index is 0.0846. The first-order chi connectivity index (χ1) is 23.0. The smallest absolute Gasteiger partial charge is 0.413 e. The molecule has 6 nitrogen and oxygen atoms in total. The molecule has 0 aliphatic heterocycles. The topological polar surface area (TPSA) is 78.9 Å². The molecule has 0 spiro atoms. The lowest BCUT2D eigenvalue weighted by Gasteiger charge is -2.28. The van der Waals surface area contributed by atoms with Crippen molar-refractivity contribution in [1.29, 1.82) is 0 Å². The number of nitrogens with zero attached hydrogens (tertiary/aromatic N) is 1. The molecule has 3 aromatic carbocycles. The van der Waals surface area contributed by atoms with Crippen LogP contribution in [-0.2, 0) is 15.9 Å². The van der Waals surface area contributed by atoms with Gasteiger partial charge in [0.25, 0.3) is 0 Å². The molecule has 3 rings (SSSR count). The van der Waals surface area contributed by atoms with Crippen molar-refractivity contribution in [3.8, 4) is 5.75 Å². The van der Waals surface area contributed by atoms with Crippen molar-refractivity contribution in [2.24, 2.45) is 0 Å². The maximum atomic E-state index is 14.1. The number of hydrogen-bond donors (Lipinski definition) is 2. The second-order valence-corrected chi connectivity index (χ2v) is 15.7. The lowest BCUT2D eigenvalue weighted by atomic mass is 9.92. The van der Waals surface area contributed by atoms with E-state index in [-0.39, 0.29) is 36.8 Å². The van der Waals surface area contributed by atoms with E-state index in [0.29, 0.717) is 5.75 Å². The number of unbranched alkanes of at least 4 members (excludes halogenated alkanes) is 9. The molecule has 48 heavy (non-hydrogen) atoms. The molecule has 264 valence electrons. The Bertz CT molecular complexity index is 1400. The lowest BCUT2D eigenvalue weighted by Crippen LogP contribution is -2.32. The maximum Gasteiger partial charge on any atom is 0.459 e. The summed E-state index contributed by atoms with van der Waals surface area (Å²) < 4.78 is 21.4. The molecule has 0 aliphatic carbocycles. The number of carbonyl (C=O) groups is 1. The summed E-state index contributed by atoms with van der Waals surface area (Å²) in [5, 5.41) is 3.11. The molecule has 0 fully saturated rings. The van der Waals surface area contributed by atoms with Crippen LogP contribution in [0.25, 0.3) is 0 Å². The van der Waals surface area contributed by atoms with Crippen molar-refractivity contribution >= 4 is 19.3 Å². The SMILES string of the molecule is CCCCCCCCCCCCC(C)c1ccccc1OP(=O)(O)N(CC(=O)Nc1c(C(C)C)cccc1C(C)C)Cc1ccccc1. The van der Waals surface area contributed by atoms with Crippen LogP contribution in [-0.4, -0.2) is 22.0 Å². The third kappa shape index (κ3) is 12.8. The molecule has 0 aromatic heterocycles. The van der Waals surface area contributed by atoms with Crippen molar-refractivity contribution in [2.75, 3.05) is 11.9 Å². The average molecular weight is 677 g/mol. The summed E-state index contributed by atoms with van der Waals surface area (Å²) in [5.41, 5.74) is 4.60. The zero-order valence-electron chi connectivity index (χ0n) is 30.4. The van der Waals surface area contributed by atoms with Gasteiger partial charge in [0.1, 0.15) is 5.75 Å². The Kier molecular flexibility index (Phi) is 16.9. The van der Waals surface area contributed by atoms with Crippen molar-refractivity contribution in [3.05, 3.63) is 95.1 Å². The Hall–Kier alpha value is -2.92. The molecule has 0 saturated carbocycles. The molecule has 0 radical (unpaired) electrons. The summed E-state index contributed by atoms with van der Waals surface area (Å²) in [6.07, 6.45) is 13.8. The van der Waals surface area contributed by atoms with Crippen LogP contribution in [0, 0.1) is 0 Å². The number of carbonyl (C=O) groups excluding carboxylic acids is 1. The minimum Gasteiger partial charge on any atom is -0.413 e. The first kappa shape index (κ1) is 39.5. The van der Waals surface area contributed by atoms with E-state index in [1.165, 1.54) is 62.5 Å². The standard InChI is InChI=1S/C41H61N2O4P/c1-7-8-9-10-11-12-13-14-15-17-23-34(6)38-26-20-21-29-39(38)47-48(45,46)43(30-35-24-18-16-19-25-35)31-40(44)42-41-36(32(2)3)27-22-28-37(41)33(4)5/h16,18-22,24-29,32-34H,7-15,17,23,30-31H2,1-6H3,(H,42,44)(H,45,46). The van der Waals surface area contributed by atoms with E-state index in [9.17, 15) is 14.3 Å². The fourth-order valence-corrected chi connectivity index (χ4v) is 7.51. The first-order valence-corrected chi connectivity index (χ1v) is 19.9. The van der Waals surface area contributed by atoms with E-state index in [1.807, 2.05) is 66.7 Å². The van der Waals surface area contributed by atoms with Gasteiger partial charge >= 0.3 is 7.75 Å². The predicted molar refractivity (Wildman–Crippen MR) is 202 cm³/mol. The van der Waals surface area contributed by atoms with Crippen LogP contribution in [0.2, 0.25) is 0 Å². The first-order valence-electron chi connectivity index (χ1n) is 18.4. The largest absolute Gasteiger partial charge is 0.459 e. The molecule has 0 bridgehead atoms. The van der Waals surface area contributed by atoms with E-state index < -0.39 is 7.75 Å². The maximum absolute atomic E-state index is 14.1. The van der Waals surface area contributed by atoms with Gasteiger partial charge in [-0.1, -0.05) is 172 Å². The van der Waals surface area contributed by atoms with Gasteiger partial charge in [0, 0.05) is 12.2 Å². The Morgan fingerprint density at radius 3 is 1.83 bits per heavy atom. The van der Waals surface area contributed by atoms with Crippen molar-refractivity contribution < 1.29 is 18.8 Å². The highest BCUT2D eigenvalue weighted by molar-refractivity contribution is 7.50. The molecule has 2 unspecified atom stereocenters. The molecule has 0 aliphatic rings. The Balaban J connectivity index is 1.71. The van der Waals surface area contributed by atoms with Gasteiger partial charge in [0.05, 0.1) is 6.54 Å². The van der Waals surface area contributed by atoms with Crippen LogP contribution in [0.1, 0.15) is 152 Å². The molecule has 3 aromatic rings. The summed E-state index contributed by atoms with van der Waals surface area (Å²) in [4.78, 5) is 25.2. The molecule has 2 N–H and O–H groups in total. The fourth-order valence-electron chi connectivity index (χ4n) is 6.32. The number of rotatable bonds is 22. The Morgan fingerprint density at radius 1 is 0.729 bits per heavy atom. The minimum atomic E-state index is -4.46. The van der Waals surface area contributed by atoms with Crippen molar-refractivity contribution in [2.45, 2.75) is 136 Å². The summed E-state index contributed by atoms with van der Waals surface area (Å²) in [6.45, 7) is 12.6. The van der Waals surface area contributed by atoms with Crippen LogP contribution in [0.3, 0.4) is 0 Å². The molecule has 0 heterocycles. The lowest BCUT2D eigenvalue weighted by molar-refractivity contribution is -0.116. The van der Waals surface area contributed by atoms with Gasteiger partial charge < -0.3 is 14.7 Å². The number of para-hydroxylation sites is 2. The van der Waals surface area contributed by atoms with Crippen LogP contribution < -0.4 is 9.84 Å². The van der Waals surface area contributed by atoms with Crippen LogP contribution >= 0.6 is 7.75 Å². The molecular formula is C41H61N2O4P. The summed E-state index contributed by atoms with van der Waals surface area (Å²) in [5.74, 6) is 0.606. The normalized spacial score (nSPS) is 13.5. The predicted octanol–water partition coefficient (Wildman–Crippen LogP) is 12.0. The second-order valence-electron chi connectivity index (χ2n) is 14.0. The number of amides is 1. The number of benzene rings is 3. The van der Waals surface area contributed by atoms with Crippen LogP contribution in [0.4, 0.5) is 5.69 Å². The average Bonchev–Trinajstić information content (AvgIpc) is 3.05. The van der Waals surface area contributed by atoms with E-state index in [2.05, 4.69) is 46.9 Å². The number of hydrogen-bond acceptors (Lipinski definition) is 3. The van der Waals surface area contributed by atoms with Gasteiger partial charge in [0.15, 0.2) is 0 Å². The molecule has 7 heteroatoms. The van der Waals surface area contributed by atoms with Crippen molar-refractivity contribution in [3.63, 3.8) is 0 Å². The van der Waals surface area contributed by atoms with E-state index >= 15 is 0 Å². The van der Waals surface area contributed by atoms with Gasteiger partial charge in [-0.25, -0.2) is 4.57 Å². The molecule has 2 atom stereocenters. The monoisotopic (exact) mass is 676 g/mol. The summed E-state index contributed by atoms with van der Waals surface area (Å²) >= 11 is 0. The quantitative estimate of drug-likeness (QED) is 0.0818. The molecule has 0 saturated heterocycles. The highest BCUT2D eigenvalue weighted by atomic mass is 31.2. The van der Waals surface area contributed by atoms with Crippen LogP contribution in [0.15, 0.2) is 72.8 Å². The number of anilines is 1.